The Hall–Kier alpha value is -2.62. The number of benzene rings is 2. The predicted molar refractivity (Wildman–Crippen MR) is 88.0 cm³/mol. The minimum Gasteiger partial charge on any atom is -0.494 e. The van der Waals surface area contributed by atoms with Gasteiger partial charge in [-0.2, -0.15) is 0 Å². The Kier molecular flexibility index (Phi) is 5.92. The van der Waals surface area contributed by atoms with Gasteiger partial charge in [0.1, 0.15) is 11.5 Å². The minimum absolute atomic E-state index is 0.0838. The number of hydrogen-bond donors (Lipinski definition) is 0. The Labute approximate surface area is 136 Å². The van der Waals surface area contributed by atoms with E-state index in [-0.39, 0.29) is 11.8 Å². The van der Waals surface area contributed by atoms with Crippen LogP contribution in [0.15, 0.2) is 48.5 Å². The number of ether oxygens (including phenoxy) is 2. The number of carbonyl (C=O) groups is 2. The number of esters is 1. The number of hydrogen-bond acceptors (Lipinski definition) is 4. The number of rotatable bonds is 7. The van der Waals surface area contributed by atoms with Crippen molar-refractivity contribution >= 4 is 11.8 Å². The first kappa shape index (κ1) is 16.7. The zero-order valence-electron chi connectivity index (χ0n) is 13.4. The molecule has 0 unspecified atom stereocenters. The Balaban J connectivity index is 2.03. The van der Waals surface area contributed by atoms with Crippen LogP contribution in [0.5, 0.6) is 11.5 Å². The van der Waals surface area contributed by atoms with Crippen LogP contribution < -0.4 is 9.47 Å². The van der Waals surface area contributed by atoms with E-state index in [0.717, 1.165) is 18.6 Å². The third-order valence-electron chi connectivity index (χ3n) is 3.26. The van der Waals surface area contributed by atoms with Crippen LogP contribution in [-0.2, 0) is 4.79 Å². The lowest BCUT2D eigenvalue weighted by atomic mass is 10.0. The summed E-state index contributed by atoms with van der Waals surface area (Å²) < 4.78 is 10.5. The van der Waals surface area contributed by atoms with Crippen LogP contribution in [0.25, 0.3) is 0 Å². The van der Waals surface area contributed by atoms with Crippen LogP contribution in [0.1, 0.15) is 42.6 Å². The maximum absolute atomic E-state index is 12.4. The first-order valence-electron chi connectivity index (χ1n) is 7.66. The molecule has 0 amide bonds. The lowest BCUT2D eigenvalue weighted by Gasteiger charge is -2.07. The van der Waals surface area contributed by atoms with Crippen LogP contribution >= 0.6 is 0 Å². The Morgan fingerprint density at radius 1 is 0.870 bits per heavy atom. The third kappa shape index (κ3) is 4.95. The molecular formula is C19H20O4. The highest BCUT2D eigenvalue weighted by molar-refractivity contribution is 6.09. The lowest BCUT2D eigenvalue weighted by molar-refractivity contribution is -0.131. The quantitative estimate of drug-likeness (QED) is 0.335. The van der Waals surface area contributed by atoms with Crippen molar-refractivity contribution in [1.29, 1.82) is 0 Å². The van der Waals surface area contributed by atoms with Gasteiger partial charge in [0.05, 0.1) is 6.61 Å². The van der Waals surface area contributed by atoms with E-state index in [0.29, 0.717) is 23.5 Å². The highest BCUT2D eigenvalue weighted by Crippen LogP contribution is 2.18. The maximum Gasteiger partial charge on any atom is 0.308 e. The van der Waals surface area contributed by atoms with Gasteiger partial charge in [0, 0.05) is 18.1 Å². The highest BCUT2D eigenvalue weighted by atomic mass is 16.5. The summed E-state index contributed by atoms with van der Waals surface area (Å²) in [5.41, 5.74) is 1.13. The second kappa shape index (κ2) is 8.13. The zero-order chi connectivity index (χ0) is 16.7. The molecule has 2 aromatic carbocycles. The summed E-state index contributed by atoms with van der Waals surface area (Å²) in [5, 5.41) is 0. The van der Waals surface area contributed by atoms with Crippen molar-refractivity contribution < 1.29 is 19.1 Å². The minimum atomic E-state index is -0.386. The van der Waals surface area contributed by atoms with Crippen LogP contribution in [-0.4, -0.2) is 18.4 Å². The van der Waals surface area contributed by atoms with Crippen molar-refractivity contribution in [2.75, 3.05) is 6.61 Å². The van der Waals surface area contributed by atoms with Crippen LogP contribution in [0, 0.1) is 0 Å². The zero-order valence-corrected chi connectivity index (χ0v) is 13.4. The van der Waals surface area contributed by atoms with E-state index in [1.165, 1.54) is 6.92 Å². The van der Waals surface area contributed by atoms with Crippen LogP contribution in [0.2, 0.25) is 0 Å². The molecule has 2 rings (SSSR count). The molecular weight excluding hydrogens is 292 g/mol. The standard InChI is InChI=1S/C19H20O4/c1-3-4-13-22-17-9-5-15(6-10-17)19(21)16-7-11-18(12-8-16)23-14(2)20/h5-12H,3-4,13H2,1-2H3. The third-order valence-corrected chi connectivity index (χ3v) is 3.26. The molecule has 0 heterocycles. The van der Waals surface area contributed by atoms with E-state index >= 15 is 0 Å². The number of ketones is 1. The second-order valence-corrected chi connectivity index (χ2v) is 5.17. The molecule has 0 aliphatic rings. The highest BCUT2D eigenvalue weighted by Gasteiger charge is 2.09. The van der Waals surface area contributed by atoms with Gasteiger partial charge >= 0.3 is 5.97 Å². The Morgan fingerprint density at radius 2 is 1.39 bits per heavy atom. The van der Waals surface area contributed by atoms with E-state index in [1.807, 2.05) is 0 Å². The van der Waals surface area contributed by atoms with Gasteiger partial charge in [-0.3, -0.25) is 9.59 Å². The molecule has 0 bridgehead atoms. The van der Waals surface area contributed by atoms with Crippen molar-refractivity contribution in [3.63, 3.8) is 0 Å². The largest absolute Gasteiger partial charge is 0.494 e. The Bertz CT molecular complexity index is 657. The fourth-order valence-electron chi connectivity index (χ4n) is 2.04. The molecule has 0 atom stereocenters. The van der Waals surface area contributed by atoms with Crippen molar-refractivity contribution in [3.05, 3.63) is 59.7 Å². The Morgan fingerprint density at radius 3 is 1.87 bits per heavy atom. The molecule has 120 valence electrons. The monoisotopic (exact) mass is 312 g/mol. The van der Waals surface area contributed by atoms with E-state index in [4.69, 9.17) is 9.47 Å². The van der Waals surface area contributed by atoms with Gasteiger partial charge in [-0.25, -0.2) is 0 Å². The summed E-state index contributed by atoms with van der Waals surface area (Å²) in [4.78, 5) is 23.3. The van der Waals surface area contributed by atoms with Crippen LogP contribution in [0.3, 0.4) is 0 Å². The van der Waals surface area contributed by atoms with Gasteiger partial charge in [0.25, 0.3) is 0 Å². The molecule has 0 aliphatic carbocycles. The van der Waals surface area contributed by atoms with Crippen molar-refractivity contribution in [2.45, 2.75) is 26.7 Å². The first-order valence-corrected chi connectivity index (χ1v) is 7.66. The molecule has 0 radical (unpaired) electrons. The van der Waals surface area contributed by atoms with Gasteiger partial charge in [-0.15, -0.1) is 0 Å². The van der Waals surface area contributed by atoms with E-state index in [2.05, 4.69) is 6.92 Å². The van der Waals surface area contributed by atoms with Crippen LogP contribution in [0.4, 0.5) is 0 Å². The summed E-state index contributed by atoms with van der Waals surface area (Å²) in [6, 6.07) is 13.6. The summed E-state index contributed by atoms with van der Waals surface area (Å²) >= 11 is 0. The number of unbranched alkanes of at least 4 members (excludes halogenated alkanes) is 1. The van der Waals surface area contributed by atoms with Gasteiger partial charge in [0.2, 0.25) is 0 Å². The summed E-state index contributed by atoms with van der Waals surface area (Å²) in [5.74, 6) is 0.719. The molecule has 0 aliphatic heterocycles. The van der Waals surface area contributed by atoms with Crippen molar-refractivity contribution in [3.8, 4) is 11.5 Å². The van der Waals surface area contributed by atoms with E-state index in [9.17, 15) is 9.59 Å². The average Bonchev–Trinajstić information content (AvgIpc) is 2.55. The van der Waals surface area contributed by atoms with Gasteiger partial charge < -0.3 is 9.47 Å². The van der Waals surface area contributed by atoms with E-state index in [1.54, 1.807) is 48.5 Å². The molecule has 0 N–H and O–H groups in total. The molecule has 0 saturated heterocycles. The molecule has 4 nitrogen and oxygen atoms in total. The summed E-state index contributed by atoms with van der Waals surface area (Å²) in [7, 11) is 0. The average molecular weight is 312 g/mol. The van der Waals surface area contributed by atoms with Gasteiger partial charge in [-0.05, 0) is 55.0 Å². The van der Waals surface area contributed by atoms with E-state index < -0.39 is 0 Å². The SMILES string of the molecule is CCCCOc1ccc(C(=O)c2ccc(OC(C)=O)cc2)cc1. The first-order chi connectivity index (χ1) is 11.1. The molecule has 0 aromatic heterocycles. The summed E-state index contributed by atoms with van der Waals surface area (Å²) in [6.45, 7) is 4.13. The maximum atomic E-state index is 12.4. The summed E-state index contributed by atoms with van der Waals surface area (Å²) in [6.07, 6.45) is 2.09. The molecule has 23 heavy (non-hydrogen) atoms. The predicted octanol–water partition coefficient (Wildman–Crippen LogP) is 4.02. The molecule has 4 heteroatoms. The van der Waals surface area contributed by atoms with Crippen molar-refractivity contribution in [1.82, 2.24) is 0 Å². The number of carbonyl (C=O) groups excluding carboxylic acids is 2. The fourth-order valence-corrected chi connectivity index (χ4v) is 2.04. The van der Waals surface area contributed by atoms with Gasteiger partial charge in [0.15, 0.2) is 5.78 Å². The van der Waals surface area contributed by atoms with Gasteiger partial charge in [-0.1, -0.05) is 13.3 Å². The lowest BCUT2D eigenvalue weighted by Crippen LogP contribution is -2.04. The smallest absolute Gasteiger partial charge is 0.308 e. The fraction of sp³-hybridized carbons (Fsp3) is 0.263. The normalized spacial score (nSPS) is 10.2. The molecule has 2 aromatic rings. The molecule has 0 fully saturated rings. The topological polar surface area (TPSA) is 52.6 Å². The van der Waals surface area contributed by atoms with Crippen molar-refractivity contribution in [2.24, 2.45) is 0 Å². The molecule has 0 saturated carbocycles. The molecule has 0 spiro atoms. The second-order valence-electron chi connectivity index (χ2n) is 5.17.